The van der Waals surface area contributed by atoms with Gasteiger partial charge in [-0.25, -0.2) is 0 Å². The normalized spacial score (nSPS) is 15.7. The van der Waals surface area contributed by atoms with Crippen molar-refractivity contribution in [1.82, 2.24) is 10.2 Å². The Morgan fingerprint density at radius 1 is 1.26 bits per heavy atom. The van der Waals surface area contributed by atoms with Crippen molar-refractivity contribution in [1.29, 1.82) is 0 Å². The molecule has 1 saturated heterocycles. The maximum absolute atomic E-state index is 5.78. The first-order valence-electron chi connectivity index (χ1n) is 6.31. The van der Waals surface area contributed by atoms with Crippen molar-refractivity contribution in [3.05, 3.63) is 34.8 Å². The number of morpholine rings is 1. The highest BCUT2D eigenvalue weighted by Gasteiger charge is 2.15. The van der Waals surface area contributed by atoms with Crippen LogP contribution in [0.25, 0.3) is 0 Å². The largest absolute Gasteiger partial charge is 0.399 e. The molecule has 0 bridgehead atoms. The number of hydrogen-bond donors (Lipinski definition) is 1. The van der Waals surface area contributed by atoms with Crippen LogP contribution in [0.1, 0.15) is 10.6 Å². The zero-order chi connectivity index (χ0) is 13.1. The minimum atomic E-state index is 0.768. The van der Waals surface area contributed by atoms with Crippen molar-refractivity contribution >= 4 is 22.2 Å². The highest BCUT2D eigenvalue weighted by atomic mass is 32.1. The van der Waals surface area contributed by atoms with Gasteiger partial charge in [0.2, 0.25) is 5.13 Å². The van der Waals surface area contributed by atoms with E-state index in [1.807, 2.05) is 18.2 Å². The lowest BCUT2D eigenvalue weighted by Gasteiger charge is -2.25. The number of benzene rings is 1. The van der Waals surface area contributed by atoms with Gasteiger partial charge in [0.15, 0.2) is 0 Å². The number of hydrogen-bond acceptors (Lipinski definition) is 6. The lowest BCUT2D eigenvalue weighted by Crippen LogP contribution is -2.36. The Kier molecular flexibility index (Phi) is 3.61. The summed E-state index contributed by atoms with van der Waals surface area (Å²) >= 11 is 1.65. The summed E-state index contributed by atoms with van der Waals surface area (Å²) in [6.45, 7) is 3.33. The van der Waals surface area contributed by atoms with Crippen LogP contribution in [0.15, 0.2) is 24.3 Å². The topological polar surface area (TPSA) is 64.3 Å². The summed E-state index contributed by atoms with van der Waals surface area (Å²) in [6, 6.07) is 7.90. The van der Waals surface area contributed by atoms with Gasteiger partial charge in [-0.15, -0.1) is 10.2 Å². The Morgan fingerprint density at radius 2 is 2.11 bits per heavy atom. The second kappa shape index (κ2) is 5.54. The molecule has 2 N–H and O–H groups in total. The summed E-state index contributed by atoms with van der Waals surface area (Å²) in [7, 11) is 0. The van der Waals surface area contributed by atoms with Crippen molar-refractivity contribution in [2.24, 2.45) is 0 Å². The van der Waals surface area contributed by atoms with Crippen LogP contribution in [0.5, 0.6) is 0 Å². The minimum Gasteiger partial charge on any atom is -0.399 e. The molecule has 1 aliphatic rings. The Hall–Kier alpha value is -1.66. The molecule has 0 amide bonds. The van der Waals surface area contributed by atoms with E-state index >= 15 is 0 Å². The molecule has 0 unspecified atom stereocenters. The fourth-order valence-corrected chi connectivity index (χ4v) is 3.00. The Bertz CT molecular complexity index is 551. The van der Waals surface area contributed by atoms with Crippen LogP contribution >= 0.6 is 11.3 Å². The second-order valence-electron chi connectivity index (χ2n) is 4.50. The van der Waals surface area contributed by atoms with Crippen LogP contribution in [0.2, 0.25) is 0 Å². The van der Waals surface area contributed by atoms with Crippen LogP contribution in [0.3, 0.4) is 0 Å². The highest BCUT2D eigenvalue weighted by molar-refractivity contribution is 7.15. The monoisotopic (exact) mass is 276 g/mol. The van der Waals surface area contributed by atoms with E-state index in [1.165, 1.54) is 5.56 Å². The average Bonchev–Trinajstić information content (AvgIpc) is 2.88. The molecule has 5 nitrogen and oxygen atoms in total. The first-order chi connectivity index (χ1) is 9.31. The van der Waals surface area contributed by atoms with Gasteiger partial charge in [-0.3, -0.25) is 0 Å². The SMILES string of the molecule is Nc1cccc(Cc2nnc(N3CCOCC3)s2)c1. The van der Waals surface area contributed by atoms with Crippen molar-refractivity contribution in [3.8, 4) is 0 Å². The first-order valence-corrected chi connectivity index (χ1v) is 7.12. The zero-order valence-electron chi connectivity index (χ0n) is 10.6. The molecule has 2 aromatic rings. The van der Waals surface area contributed by atoms with Gasteiger partial charge >= 0.3 is 0 Å². The van der Waals surface area contributed by atoms with Crippen LogP contribution in [-0.2, 0) is 11.2 Å². The molecule has 100 valence electrons. The number of nitrogens with two attached hydrogens (primary N) is 1. The van der Waals surface area contributed by atoms with Gasteiger partial charge in [-0.1, -0.05) is 23.5 Å². The van der Waals surface area contributed by atoms with Gasteiger partial charge in [0, 0.05) is 25.2 Å². The number of rotatable bonds is 3. The van der Waals surface area contributed by atoms with E-state index in [0.29, 0.717) is 0 Å². The summed E-state index contributed by atoms with van der Waals surface area (Å²) in [5.41, 5.74) is 7.74. The van der Waals surface area contributed by atoms with Crippen LogP contribution in [0, 0.1) is 0 Å². The molecule has 0 spiro atoms. The van der Waals surface area contributed by atoms with E-state index < -0.39 is 0 Å². The molecule has 1 aliphatic heterocycles. The molecule has 1 fully saturated rings. The highest BCUT2D eigenvalue weighted by Crippen LogP contribution is 2.23. The number of nitrogens with zero attached hydrogens (tertiary/aromatic N) is 3. The van der Waals surface area contributed by atoms with Gasteiger partial charge in [0.1, 0.15) is 5.01 Å². The number of anilines is 2. The third-order valence-corrected chi connectivity index (χ3v) is 4.03. The summed E-state index contributed by atoms with van der Waals surface area (Å²) in [5, 5.41) is 10.5. The second-order valence-corrected chi connectivity index (χ2v) is 5.54. The Morgan fingerprint density at radius 3 is 2.89 bits per heavy atom. The number of aromatic nitrogens is 2. The van der Waals surface area contributed by atoms with Crippen molar-refractivity contribution in [2.45, 2.75) is 6.42 Å². The zero-order valence-corrected chi connectivity index (χ0v) is 11.4. The molecular formula is C13H16N4OS. The maximum Gasteiger partial charge on any atom is 0.208 e. The van der Waals surface area contributed by atoms with Gasteiger partial charge in [-0.2, -0.15) is 0 Å². The fraction of sp³-hybridized carbons (Fsp3) is 0.385. The standard InChI is InChI=1S/C13H16N4OS/c14-11-3-1-2-10(8-11)9-12-15-16-13(19-12)17-4-6-18-7-5-17/h1-3,8H,4-7,9,14H2. The molecule has 0 saturated carbocycles. The van der Waals surface area contributed by atoms with Crippen LogP contribution < -0.4 is 10.6 Å². The summed E-state index contributed by atoms with van der Waals surface area (Å²) in [5.74, 6) is 0. The molecule has 0 atom stereocenters. The van der Waals surface area contributed by atoms with Crippen molar-refractivity contribution in [2.75, 3.05) is 36.9 Å². The van der Waals surface area contributed by atoms with Gasteiger partial charge in [0.25, 0.3) is 0 Å². The van der Waals surface area contributed by atoms with Gasteiger partial charge in [-0.05, 0) is 17.7 Å². The predicted molar refractivity (Wildman–Crippen MR) is 76.6 cm³/mol. The van der Waals surface area contributed by atoms with E-state index in [2.05, 4.69) is 21.2 Å². The quantitative estimate of drug-likeness (QED) is 0.862. The molecule has 1 aromatic heterocycles. The summed E-state index contributed by atoms with van der Waals surface area (Å²) in [4.78, 5) is 2.23. The molecule has 2 heterocycles. The van der Waals surface area contributed by atoms with E-state index in [-0.39, 0.29) is 0 Å². The molecular weight excluding hydrogens is 260 g/mol. The minimum absolute atomic E-state index is 0.768. The summed E-state index contributed by atoms with van der Waals surface area (Å²) < 4.78 is 5.34. The van der Waals surface area contributed by atoms with E-state index in [4.69, 9.17) is 10.5 Å². The molecule has 3 rings (SSSR count). The third-order valence-electron chi connectivity index (χ3n) is 3.04. The lowest BCUT2D eigenvalue weighted by atomic mass is 10.1. The van der Waals surface area contributed by atoms with E-state index in [9.17, 15) is 0 Å². The molecule has 0 radical (unpaired) electrons. The predicted octanol–water partition coefficient (Wildman–Crippen LogP) is 1.55. The number of ether oxygens (including phenoxy) is 1. The summed E-state index contributed by atoms with van der Waals surface area (Å²) in [6.07, 6.45) is 0.785. The Labute approximate surface area is 116 Å². The van der Waals surface area contributed by atoms with Crippen molar-refractivity contribution in [3.63, 3.8) is 0 Å². The maximum atomic E-state index is 5.78. The van der Waals surface area contributed by atoms with Gasteiger partial charge < -0.3 is 15.4 Å². The number of nitrogen functional groups attached to an aromatic ring is 1. The van der Waals surface area contributed by atoms with Crippen LogP contribution in [-0.4, -0.2) is 36.5 Å². The fourth-order valence-electron chi connectivity index (χ4n) is 2.08. The molecule has 6 heteroatoms. The smallest absolute Gasteiger partial charge is 0.208 e. The van der Waals surface area contributed by atoms with Crippen LogP contribution in [0.4, 0.5) is 10.8 Å². The third kappa shape index (κ3) is 3.02. The lowest BCUT2D eigenvalue weighted by molar-refractivity contribution is 0.122. The molecule has 19 heavy (non-hydrogen) atoms. The van der Waals surface area contributed by atoms with Gasteiger partial charge in [0.05, 0.1) is 13.2 Å². The average molecular weight is 276 g/mol. The van der Waals surface area contributed by atoms with E-state index in [1.54, 1.807) is 11.3 Å². The van der Waals surface area contributed by atoms with Crippen molar-refractivity contribution < 1.29 is 4.74 Å². The Balaban J connectivity index is 1.70. The first kappa shape index (κ1) is 12.4. The van der Waals surface area contributed by atoms with E-state index in [0.717, 1.165) is 48.6 Å². The molecule has 0 aliphatic carbocycles. The molecule has 1 aromatic carbocycles.